The van der Waals surface area contributed by atoms with Gasteiger partial charge in [-0.3, -0.25) is 0 Å². The van der Waals surface area contributed by atoms with Crippen molar-refractivity contribution in [2.45, 2.75) is 79.1 Å². The van der Waals surface area contributed by atoms with Gasteiger partial charge in [-0.15, -0.1) is 0 Å². The van der Waals surface area contributed by atoms with Gasteiger partial charge in [0, 0.05) is 16.8 Å². The predicted octanol–water partition coefficient (Wildman–Crippen LogP) is 2.45. The monoisotopic (exact) mass is 300 g/mol. The Bertz CT molecular complexity index is 275. The molecule has 21 heavy (non-hydrogen) atoms. The van der Waals surface area contributed by atoms with Crippen molar-refractivity contribution in [1.29, 1.82) is 0 Å². The van der Waals surface area contributed by atoms with E-state index in [1.165, 1.54) is 0 Å². The zero-order chi connectivity index (χ0) is 16.5. The lowest BCUT2D eigenvalue weighted by Crippen LogP contribution is -2.57. The van der Waals surface area contributed by atoms with Gasteiger partial charge >= 0.3 is 22.0 Å². The topological polar surface area (TPSA) is 55.4 Å². The Kier molecular flexibility index (Phi) is 5.97. The molecule has 0 aromatic rings. The molecule has 0 aliphatic carbocycles. The summed E-state index contributed by atoms with van der Waals surface area (Å²) >= 11 is 0. The van der Waals surface area contributed by atoms with E-state index in [2.05, 4.69) is 0 Å². The largest absolute Gasteiger partial charge is 0.615 e. The molecule has 0 radical (unpaired) electrons. The van der Waals surface area contributed by atoms with E-state index in [1.54, 1.807) is 0 Å². The molecule has 1 saturated heterocycles. The van der Waals surface area contributed by atoms with Crippen LogP contribution in [-0.2, 0) is 27.7 Å². The summed E-state index contributed by atoms with van der Waals surface area (Å²) in [7, 11) is -2.75. The second kappa shape index (κ2) is 6.60. The average Bonchev–Trinajstić information content (AvgIpc) is 2.06. The van der Waals surface area contributed by atoms with E-state index in [4.69, 9.17) is 27.7 Å². The molecule has 1 fully saturated rings. The van der Waals surface area contributed by atoms with Gasteiger partial charge in [-0.1, -0.05) is 0 Å². The lowest BCUT2D eigenvalue weighted by Gasteiger charge is -2.36. The van der Waals surface area contributed by atoms with Crippen molar-refractivity contribution in [3.63, 3.8) is 0 Å². The van der Waals surface area contributed by atoms with Gasteiger partial charge in [-0.25, -0.2) is 0 Å². The molecule has 1 heterocycles. The first-order valence-corrected chi connectivity index (χ1v) is 7.23. The Labute approximate surface area is 129 Å². The SMILES string of the molecule is CC(C)(C)OB1OB(OC(C)(C)C)OB(OC(C)(C)C)O1. The minimum Gasteiger partial charge on any atom is -0.400 e. The van der Waals surface area contributed by atoms with Crippen molar-refractivity contribution in [3.8, 4) is 0 Å². The van der Waals surface area contributed by atoms with Gasteiger partial charge in [0.25, 0.3) is 0 Å². The molecule has 0 amide bonds. The summed E-state index contributed by atoms with van der Waals surface area (Å²) in [5.41, 5.74) is -1.29. The smallest absolute Gasteiger partial charge is 0.400 e. The maximum absolute atomic E-state index is 5.68. The van der Waals surface area contributed by atoms with Gasteiger partial charge in [0.2, 0.25) is 0 Å². The van der Waals surface area contributed by atoms with E-state index < -0.39 is 38.8 Å². The van der Waals surface area contributed by atoms with Crippen LogP contribution in [0.4, 0.5) is 0 Å². The second-order valence-corrected chi connectivity index (χ2v) is 7.96. The minimum atomic E-state index is -0.918. The van der Waals surface area contributed by atoms with Crippen LogP contribution >= 0.6 is 0 Å². The molecule has 9 heteroatoms. The second-order valence-electron chi connectivity index (χ2n) is 7.96. The van der Waals surface area contributed by atoms with Gasteiger partial charge in [-0.2, -0.15) is 0 Å². The maximum Gasteiger partial charge on any atom is 0.615 e. The van der Waals surface area contributed by atoms with Crippen LogP contribution in [0.25, 0.3) is 0 Å². The summed E-state index contributed by atoms with van der Waals surface area (Å²) in [4.78, 5) is 0. The number of hydrogen-bond donors (Lipinski definition) is 0. The molecule has 0 spiro atoms. The highest BCUT2D eigenvalue weighted by Crippen LogP contribution is 2.22. The molecule has 1 aliphatic rings. The molecular weight excluding hydrogens is 273 g/mol. The number of rotatable bonds is 3. The van der Waals surface area contributed by atoms with Crippen LogP contribution in [0.5, 0.6) is 0 Å². The Hall–Kier alpha value is -0.0452. The molecular formula is C12H27B3O6. The van der Waals surface area contributed by atoms with Crippen molar-refractivity contribution in [3.05, 3.63) is 0 Å². The van der Waals surface area contributed by atoms with E-state index in [0.717, 1.165) is 0 Å². The Morgan fingerprint density at radius 1 is 0.476 bits per heavy atom. The van der Waals surface area contributed by atoms with Gasteiger partial charge in [-0.05, 0) is 62.3 Å². The maximum atomic E-state index is 5.68. The first kappa shape index (κ1) is 19.0. The zero-order valence-corrected chi connectivity index (χ0v) is 14.7. The predicted molar refractivity (Wildman–Crippen MR) is 83.0 cm³/mol. The van der Waals surface area contributed by atoms with E-state index in [9.17, 15) is 0 Å². The average molecular weight is 300 g/mol. The molecule has 0 saturated carbocycles. The van der Waals surface area contributed by atoms with Crippen LogP contribution < -0.4 is 0 Å². The summed E-state index contributed by atoms with van der Waals surface area (Å²) in [5.74, 6) is 0. The van der Waals surface area contributed by atoms with Crippen LogP contribution in [-0.4, -0.2) is 38.8 Å². The molecule has 1 aliphatic heterocycles. The molecule has 120 valence electrons. The zero-order valence-electron chi connectivity index (χ0n) is 14.7. The summed E-state index contributed by atoms with van der Waals surface area (Å²) in [6.45, 7) is 17.2. The van der Waals surface area contributed by atoms with Crippen molar-refractivity contribution < 1.29 is 27.7 Å². The normalized spacial score (nSPS) is 18.4. The highest BCUT2D eigenvalue weighted by Gasteiger charge is 2.50. The van der Waals surface area contributed by atoms with E-state index >= 15 is 0 Å². The summed E-state index contributed by atoms with van der Waals surface area (Å²) in [5, 5.41) is 0. The van der Waals surface area contributed by atoms with Crippen LogP contribution in [0.3, 0.4) is 0 Å². The summed E-state index contributed by atoms with van der Waals surface area (Å²) in [6, 6.07) is 0. The van der Waals surface area contributed by atoms with E-state index in [-0.39, 0.29) is 0 Å². The third-order valence-corrected chi connectivity index (χ3v) is 2.02. The van der Waals surface area contributed by atoms with Crippen LogP contribution in [0.1, 0.15) is 62.3 Å². The molecule has 6 nitrogen and oxygen atoms in total. The van der Waals surface area contributed by atoms with Crippen LogP contribution in [0.15, 0.2) is 0 Å². The third-order valence-electron chi connectivity index (χ3n) is 2.02. The van der Waals surface area contributed by atoms with Crippen molar-refractivity contribution in [1.82, 2.24) is 0 Å². The van der Waals surface area contributed by atoms with Gasteiger partial charge in [0.05, 0.1) is 0 Å². The Morgan fingerprint density at radius 2 is 0.667 bits per heavy atom. The van der Waals surface area contributed by atoms with Crippen molar-refractivity contribution in [2.24, 2.45) is 0 Å². The first-order valence-electron chi connectivity index (χ1n) is 7.23. The Balaban J connectivity index is 2.73. The quantitative estimate of drug-likeness (QED) is 0.746. The number of hydrogen-bond acceptors (Lipinski definition) is 6. The van der Waals surface area contributed by atoms with Crippen molar-refractivity contribution in [2.75, 3.05) is 0 Å². The summed E-state index contributed by atoms with van der Waals surface area (Å²) < 4.78 is 33.6. The van der Waals surface area contributed by atoms with E-state index in [1.807, 2.05) is 62.3 Å². The van der Waals surface area contributed by atoms with Gasteiger partial charge in [0.1, 0.15) is 0 Å². The fourth-order valence-electron chi connectivity index (χ4n) is 1.40. The molecule has 0 bridgehead atoms. The van der Waals surface area contributed by atoms with Crippen LogP contribution in [0.2, 0.25) is 0 Å². The fourth-order valence-corrected chi connectivity index (χ4v) is 1.40. The van der Waals surface area contributed by atoms with Crippen LogP contribution in [0, 0.1) is 0 Å². The molecule has 0 N–H and O–H groups in total. The highest BCUT2D eigenvalue weighted by molar-refractivity contribution is 6.67. The van der Waals surface area contributed by atoms with E-state index in [0.29, 0.717) is 0 Å². The fraction of sp³-hybridized carbons (Fsp3) is 1.00. The molecule has 0 aromatic carbocycles. The van der Waals surface area contributed by atoms with Gasteiger partial charge < -0.3 is 27.7 Å². The third kappa shape index (κ3) is 8.85. The molecule has 1 rings (SSSR count). The van der Waals surface area contributed by atoms with Gasteiger partial charge in [0.15, 0.2) is 0 Å². The van der Waals surface area contributed by atoms with Crippen molar-refractivity contribution >= 4 is 22.0 Å². The lowest BCUT2D eigenvalue weighted by molar-refractivity contribution is -0.0163. The molecule has 0 unspecified atom stereocenters. The lowest BCUT2D eigenvalue weighted by atomic mass is 9.93. The standard InChI is InChI=1S/C12H27B3O6/c1-10(2,3)16-13-19-14(17-11(4,5)6)21-15(20-13)18-12(7,8)9/h1-9H3. The molecule has 0 atom stereocenters. The Morgan fingerprint density at radius 3 is 0.810 bits per heavy atom. The minimum absolute atomic E-state index is 0.430. The summed E-state index contributed by atoms with van der Waals surface area (Å²) in [6.07, 6.45) is 0. The molecule has 0 aromatic heterocycles. The highest BCUT2D eigenvalue weighted by atomic mass is 16.9. The first-order chi connectivity index (χ1) is 9.23.